The van der Waals surface area contributed by atoms with Crippen LogP contribution in [0.2, 0.25) is 0 Å². The van der Waals surface area contributed by atoms with Gasteiger partial charge in [0.05, 0.1) is 6.54 Å². The van der Waals surface area contributed by atoms with Crippen LogP contribution < -0.4 is 16.4 Å². The van der Waals surface area contributed by atoms with Crippen molar-refractivity contribution in [3.63, 3.8) is 0 Å². The predicted octanol–water partition coefficient (Wildman–Crippen LogP) is -0.368. The van der Waals surface area contributed by atoms with Gasteiger partial charge in [0.1, 0.15) is 12.1 Å². The number of carbonyl (C=O) groups excluding carboxylic acids is 3. The molecule has 3 atom stereocenters. The largest absolute Gasteiger partial charge is 0.382 e. The third kappa shape index (κ3) is 10.3. The van der Waals surface area contributed by atoms with Crippen molar-refractivity contribution in [1.29, 1.82) is 0 Å². The van der Waals surface area contributed by atoms with Gasteiger partial charge in [0.2, 0.25) is 11.8 Å². The molecule has 148 valence electrons. The number of halogens is 1. The minimum absolute atomic E-state index is 0. The number of amides is 3. The minimum Gasteiger partial charge on any atom is -0.382 e. The summed E-state index contributed by atoms with van der Waals surface area (Å²) in [6, 6.07) is -1.31. The van der Waals surface area contributed by atoms with Gasteiger partial charge in [0.25, 0.3) is 5.91 Å². The number of hydrogen-bond donors (Lipinski definition) is 4. The van der Waals surface area contributed by atoms with Crippen molar-refractivity contribution in [1.82, 2.24) is 15.5 Å². The van der Waals surface area contributed by atoms with Crippen LogP contribution in [-0.4, -0.2) is 66.6 Å². The second-order valence-electron chi connectivity index (χ2n) is 6.60. The predicted molar refractivity (Wildman–Crippen MR) is 99.2 cm³/mol. The quantitative estimate of drug-likeness (QED) is 0.411. The average molecular weight is 381 g/mol. The van der Waals surface area contributed by atoms with Crippen molar-refractivity contribution < 1.29 is 19.5 Å². The molecule has 0 aromatic carbocycles. The van der Waals surface area contributed by atoms with Gasteiger partial charge >= 0.3 is 0 Å². The van der Waals surface area contributed by atoms with Gasteiger partial charge in [-0.15, -0.1) is 12.4 Å². The Kier molecular flexibility index (Phi) is 13.3. The van der Waals surface area contributed by atoms with E-state index >= 15 is 0 Å². The first kappa shape index (κ1) is 25.9. The molecule has 3 amide bonds. The lowest BCUT2D eigenvalue weighted by molar-refractivity contribution is -0.135. The summed E-state index contributed by atoms with van der Waals surface area (Å²) >= 11 is 0. The second kappa shape index (κ2) is 12.9. The maximum Gasteiger partial charge on any atom is 0.250 e. The van der Waals surface area contributed by atoms with Crippen molar-refractivity contribution in [3.05, 3.63) is 0 Å². The first-order chi connectivity index (χ1) is 11.1. The van der Waals surface area contributed by atoms with Crippen LogP contribution in [0.5, 0.6) is 0 Å². The molecule has 0 rings (SSSR count). The molecule has 0 heterocycles. The van der Waals surface area contributed by atoms with Crippen molar-refractivity contribution in [2.75, 3.05) is 20.6 Å². The van der Waals surface area contributed by atoms with E-state index in [1.165, 1.54) is 4.90 Å². The van der Waals surface area contributed by atoms with E-state index in [4.69, 9.17) is 5.73 Å². The monoisotopic (exact) mass is 380 g/mol. The fraction of sp³-hybridized carbons (Fsp3) is 0.812. The van der Waals surface area contributed by atoms with E-state index in [-0.39, 0.29) is 30.8 Å². The summed E-state index contributed by atoms with van der Waals surface area (Å²) in [7, 11) is 3.24. The van der Waals surface area contributed by atoms with E-state index in [1.807, 2.05) is 20.8 Å². The lowest BCUT2D eigenvalue weighted by atomic mass is 10.0. The first-order valence-electron chi connectivity index (χ1n) is 8.31. The SMILES string of the molecule is CCC[C@H](N)C(O)C(=O)NCC(=O)N[C@@H](CC(C)C)C(=O)N(C)C.Cl. The number of carbonyl (C=O) groups is 3. The third-order valence-electron chi connectivity index (χ3n) is 3.50. The van der Waals surface area contributed by atoms with Crippen LogP contribution in [0.1, 0.15) is 40.0 Å². The number of aliphatic hydroxyl groups is 1. The van der Waals surface area contributed by atoms with Gasteiger partial charge in [-0.25, -0.2) is 0 Å². The van der Waals surface area contributed by atoms with Crippen LogP contribution in [-0.2, 0) is 14.4 Å². The Morgan fingerprint density at radius 3 is 2.20 bits per heavy atom. The number of nitrogens with one attached hydrogen (secondary N) is 2. The van der Waals surface area contributed by atoms with E-state index in [2.05, 4.69) is 10.6 Å². The fourth-order valence-electron chi connectivity index (χ4n) is 2.21. The Morgan fingerprint density at radius 2 is 1.76 bits per heavy atom. The van der Waals surface area contributed by atoms with Crippen LogP contribution >= 0.6 is 12.4 Å². The maximum atomic E-state index is 12.1. The normalized spacial score (nSPS) is 14.1. The molecule has 0 bridgehead atoms. The van der Waals surface area contributed by atoms with E-state index in [0.29, 0.717) is 12.8 Å². The van der Waals surface area contributed by atoms with E-state index in [1.54, 1.807) is 14.1 Å². The summed E-state index contributed by atoms with van der Waals surface area (Å²) in [5, 5.41) is 14.7. The Labute approximate surface area is 156 Å². The maximum absolute atomic E-state index is 12.1. The van der Waals surface area contributed by atoms with Gasteiger partial charge in [0, 0.05) is 20.1 Å². The van der Waals surface area contributed by atoms with E-state index in [9.17, 15) is 19.5 Å². The average Bonchev–Trinajstić information content (AvgIpc) is 2.50. The van der Waals surface area contributed by atoms with Crippen molar-refractivity contribution in [2.24, 2.45) is 11.7 Å². The Hall–Kier alpha value is -1.38. The molecular weight excluding hydrogens is 348 g/mol. The summed E-state index contributed by atoms with van der Waals surface area (Å²) < 4.78 is 0. The van der Waals surface area contributed by atoms with Crippen LogP contribution in [0.15, 0.2) is 0 Å². The summed E-state index contributed by atoms with van der Waals surface area (Å²) in [4.78, 5) is 37.3. The molecule has 25 heavy (non-hydrogen) atoms. The molecule has 9 heteroatoms. The molecule has 0 saturated heterocycles. The zero-order chi connectivity index (χ0) is 18.9. The smallest absolute Gasteiger partial charge is 0.250 e. The Morgan fingerprint density at radius 1 is 1.20 bits per heavy atom. The molecule has 0 aromatic heterocycles. The number of hydrogen-bond acceptors (Lipinski definition) is 5. The summed E-state index contributed by atoms with van der Waals surface area (Å²) in [6.45, 7) is 5.49. The Balaban J connectivity index is 0. The third-order valence-corrected chi connectivity index (χ3v) is 3.50. The van der Waals surface area contributed by atoms with Crippen LogP contribution in [0.4, 0.5) is 0 Å². The molecule has 0 fully saturated rings. The lowest BCUT2D eigenvalue weighted by Gasteiger charge is -2.23. The minimum atomic E-state index is -1.35. The molecule has 1 unspecified atom stereocenters. The summed E-state index contributed by atoms with van der Waals surface area (Å²) in [6.07, 6.45) is 0.401. The topological polar surface area (TPSA) is 125 Å². The number of aliphatic hydroxyl groups excluding tert-OH is 1. The molecular formula is C16H33ClN4O4. The van der Waals surface area contributed by atoms with Gasteiger partial charge in [-0.05, 0) is 18.8 Å². The van der Waals surface area contributed by atoms with Crippen molar-refractivity contribution in [2.45, 2.75) is 58.2 Å². The molecule has 0 aliphatic carbocycles. The molecule has 5 N–H and O–H groups in total. The molecule has 0 aliphatic heterocycles. The van der Waals surface area contributed by atoms with E-state index < -0.39 is 30.0 Å². The molecule has 0 radical (unpaired) electrons. The fourth-order valence-corrected chi connectivity index (χ4v) is 2.21. The number of likely N-dealkylation sites (N-methyl/N-ethyl adjacent to an activating group) is 1. The van der Waals surface area contributed by atoms with Gasteiger partial charge < -0.3 is 26.4 Å². The molecule has 0 saturated carbocycles. The first-order valence-corrected chi connectivity index (χ1v) is 8.31. The number of nitrogens with zero attached hydrogens (tertiary/aromatic N) is 1. The van der Waals surface area contributed by atoms with Gasteiger partial charge in [0.15, 0.2) is 0 Å². The van der Waals surface area contributed by atoms with Crippen LogP contribution in [0.25, 0.3) is 0 Å². The van der Waals surface area contributed by atoms with Gasteiger partial charge in [-0.1, -0.05) is 27.2 Å². The van der Waals surface area contributed by atoms with E-state index in [0.717, 1.165) is 6.42 Å². The van der Waals surface area contributed by atoms with Crippen molar-refractivity contribution >= 4 is 30.1 Å². The molecule has 0 aromatic rings. The molecule has 0 spiro atoms. The standard InChI is InChI=1S/C16H32N4O4.ClH/c1-6-7-11(17)14(22)15(23)18-9-13(21)19-12(8-10(2)3)16(24)20(4)5;/h10-12,14,22H,6-9,17H2,1-5H3,(H,18,23)(H,19,21);1H/t11-,12-,14?;/m0./s1. The molecule has 0 aliphatic rings. The lowest BCUT2D eigenvalue weighted by Crippen LogP contribution is -2.52. The second-order valence-corrected chi connectivity index (χ2v) is 6.60. The van der Waals surface area contributed by atoms with Crippen LogP contribution in [0.3, 0.4) is 0 Å². The highest BCUT2D eigenvalue weighted by Gasteiger charge is 2.25. The van der Waals surface area contributed by atoms with Crippen molar-refractivity contribution in [3.8, 4) is 0 Å². The highest BCUT2D eigenvalue weighted by Crippen LogP contribution is 2.06. The Bertz CT molecular complexity index is 432. The summed E-state index contributed by atoms with van der Waals surface area (Å²) in [5.41, 5.74) is 5.68. The zero-order valence-electron chi connectivity index (χ0n) is 15.7. The highest BCUT2D eigenvalue weighted by molar-refractivity contribution is 5.90. The zero-order valence-corrected chi connectivity index (χ0v) is 16.6. The number of rotatable bonds is 10. The highest BCUT2D eigenvalue weighted by atomic mass is 35.5. The molecule has 8 nitrogen and oxygen atoms in total. The van der Waals surface area contributed by atoms with Crippen LogP contribution in [0, 0.1) is 5.92 Å². The van der Waals surface area contributed by atoms with Gasteiger partial charge in [-0.2, -0.15) is 0 Å². The number of nitrogens with two attached hydrogens (primary N) is 1. The summed E-state index contributed by atoms with van der Waals surface area (Å²) in [5.74, 6) is -1.15. The van der Waals surface area contributed by atoms with Gasteiger partial charge in [-0.3, -0.25) is 14.4 Å².